The molecule has 0 heterocycles. The molecule has 0 aromatic heterocycles. The van der Waals surface area contributed by atoms with Gasteiger partial charge in [0.1, 0.15) is 0 Å². The summed E-state index contributed by atoms with van der Waals surface area (Å²) < 4.78 is 0. The predicted octanol–water partition coefficient (Wildman–Crippen LogP) is 1.89. The van der Waals surface area contributed by atoms with E-state index in [1.54, 1.807) is 6.92 Å². The normalized spacial score (nSPS) is 25.5. The Labute approximate surface area is 107 Å². The number of hydrogen-bond donors (Lipinski definition) is 2. The maximum absolute atomic E-state index is 11.7. The third kappa shape index (κ3) is 5.44. The smallest absolute Gasteiger partial charge is 0.303 e. The maximum atomic E-state index is 11.7. The van der Waals surface area contributed by atoms with E-state index in [-0.39, 0.29) is 24.3 Å². The second-order valence-corrected chi connectivity index (χ2v) is 5.98. The van der Waals surface area contributed by atoms with Crippen LogP contribution < -0.4 is 5.32 Å². The summed E-state index contributed by atoms with van der Waals surface area (Å²) in [6.07, 6.45) is 5.73. The minimum atomic E-state index is -0.839. The van der Waals surface area contributed by atoms with Crippen molar-refractivity contribution in [3.05, 3.63) is 0 Å². The Morgan fingerprint density at radius 3 is 2.65 bits per heavy atom. The topological polar surface area (TPSA) is 66.4 Å². The summed E-state index contributed by atoms with van der Waals surface area (Å²) in [4.78, 5) is 22.2. The Kier molecular flexibility index (Phi) is 5.82. The fourth-order valence-corrected chi connectivity index (χ4v) is 3.06. The van der Waals surface area contributed by atoms with E-state index in [2.05, 4.69) is 11.6 Å². The van der Waals surface area contributed by atoms with Crippen LogP contribution in [-0.4, -0.2) is 34.5 Å². The number of carbonyl (C=O) groups is 2. The first-order chi connectivity index (χ1) is 8.01. The fourth-order valence-electron chi connectivity index (χ4n) is 2.26. The summed E-state index contributed by atoms with van der Waals surface area (Å²) in [5.41, 5.74) is 0. The number of carboxylic acids is 1. The van der Waals surface area contributed by atoms with Gasteiger partial charge in [0.15, 0.2) is 0 Å². The van der Waals surface area contributed by atoms with Gasteiger partial charge in [0.25, 0.3) is 0 Å². The van der Waals surface area contributed by atoms with Crippen LogP contribution in [0.15, 0.2) is 0 Å². The molecule has 5 heteroatoms. The minimum Gasteiger partial charge on any atom is -0.481 e. The molecule has 0 saturated heterocycles. The number of carboxylic acid groups (broad SMARTS) is 1. The lowest BCUT2D eigenvalue weighted by Gasteiger charge is -2.14. The number of rotatable bonds is 6. The van der Waals surface area contributed by atoms with Gasteiger partial charge in [0.2, 0.25) is 5.91 Å². The molecule has 98 valence electrons. The molecule has 1 saturated carbocycles. The Balaban J connectivity index is 2.23. The van der Waals surface area contributed by atoms with Gasteiger partial charge in [-0.3, -0.25) is 9.59 Å². The van der Waals surface area contributed by atoms with Gasteiger partial charge in [-0.2, -0.15) is 11.8 Å². The summed E-state index contributed by atoms with van der Waals surface area (Å²) in [6, 6.07) is 0.289. The first-order valence-electron chi connectivity index (χ1n) is 6.05. The average molecular weight is 259 g/mol. The van der Waals surface area contributed by atoms with Crippen molar-refractivity contribution in [2.45, 2.75) is 50.3 Å². The molecule has 0 radical (unpaired) electrons. The predicted molar refractivity (Wildman–Crippen MR) is 69.1 cm³/mol. The van der Waals surface area contributed by atoms with Crippen LogP contribution in [0.1, 0.15) is 39.0 Å². The maximum Gasteiger partial charge on any atom is 0.303 e. The van der Waals surface area contributed by atoms with E-state index < -0.39 is 5.97 Å². The molecule has 0 bridgehead atoms. The van der Waals surface area contributed by atoms with Crippen LogP contribution in [0, 0.1) is 5.92 Å². The molecule has 2 N–H and O–H groups in total. The molecular weight excluding hydrogens is 238 g/mol. The molecule has 3 unspecified atom stereocenters. The van der Waals surface area contributed by atoms with E-state index in [0.717, 1.165) is 19.3 Å². The molecule has 0 aromatic rings. The largest absolute Gasteiger partial charge is 0.481 e. The van der Waals surface area contributed by atoms with Crippen LogP contribution in [0.3, 0.4) is 0 Å². The Hall–Kier alpha value is -0.710. The molecule has 17 heavy (non-hydrogen) atoms. The van der Waals surface area contributed by atoms with E-state index in [1.165, 1.54) is 0 Å². The summed E-state index contributed by atoms with van der Waals surface area (Å²) in [7, 11) is 0. The second-order valence-electron chi connectivity index (χ2n) is 4.84. The lowest BCUT2D eigenvalue weighted by molar-refractivity contribution is -0.138. The van der Waals surface area contributed by atoms with Crippen LogP contribution >= 0.6 is 11.8 Å². The molecule has 1 aliphatic rings. The molecule has 1 aliphatic carbocycles. The lowest BCUT2D eigenvalue weighted by Crippen LogP contribution is -2.34. The summed E-state index contributed by atoms with van der Waals surface area (Å²) in [6.45, 7) is 1.80. The van der Waals surface area contributed by atoms with Gasteiger partial charge in [0, 0.05) is 24.1 Å². The zero-order valence-corrected chi connectivity index (χ0v) is 11.3. The molecule has 1 fully saturated rings. The number of aliphatic carboxylic acids is 1. The Bertz CT molecular complexity index is 283. The molecule has 4 nitrogen and oxygen atoms in total. The minimum absolute atomic E-state index is 0.00879. The van der Waals surface area contributed by atoms with E-state index in [4.69, 9.17) is 5.11 Å². The van der Waals surface area contributed by atoms with Crippen molar-refractivity contribution in [1.29, 1.82) is 0 Å². The SMILES string of the molecule is CSC1CCC(NC(=O)CC(C)CC(=O)O)C1. The molecule has 0 spiro atoms. The van der Waals surface area contributed by atoms with Crippen molar-refractivity contribution in [3.63, 3.8) is 0 Å². The second kappa shape index (κ2) is 6.89. The van der Waals surface area contributed by atoms with Crippen LogP contribution in [0.5, 0.6) is 0 Å². The standard InChI is InChI=1S/C12H21NO3S/c1-8(6-12(15)16)5-11(14)13-9-3-4-10(7-9)17-2/h8-10H,3-7H2,1-2H3,(H,13,14)(H,15,16). The summed E-state index contributed by atoms with van der Waals surface area (Å²) >= 11 is 1.86. The van der Waals surface area contributed by atoms with Crippen molar-refractivity contribution in [3.8, 4) is 0 Å². The third-order valence-corrected chi connectivity index (χ3v) is 4.23. The van der Waals surface area contributed by atoms with Crippen molar-refractivity contribution in [2.75, 3.05) is 6.26 Å². The number of thioether (sulfide) groups is 1. The monoisotopic (exact) mass is 259 g/mol. The first-order valence-corrected chi connectivity index (χ1v) is 7.34. The quantitative estimate of drug-likeness (QED) is 0.764. The van der Waals surface area contributed by atoms with Gasteiger partial charge in [-0.1, -0.05) is 6.92 Å². The summed E-state index contributed by atoms with van der Waals surface area (Å²) in [5, 5.41) is 12.3. The van der Waals surface area contributed by atoms with Gasteiger partial charge < -0.3 is 10.4 Å². The molecule has 1 amide bonds. The van der Waals surface area contributed by atoms with Crippen molar-refractivity contribution in [1.82, 2.24) is 5.32 Å². The average Bonchev–Trinajstić information content (AvgIpc) is 2.63. The van der Waals surface area contributed by atoms with Crippen LogP contribution in [0.4, 0.5) is 0 Å². The summed E-state index contributed by atoms with van der Waals surface area (Å²) in [5.74, 6) is -0.940. The van der Waals surface area contributed by atoms with Crippen molar-refractivity contribution >= 4 is 23.6 Å². The van der Waals surface area contributed by atoms with E-state index >= 15 is 0 Å². The number of hydrogen-bond acceptors (Lipinski definition) is 3. The van der Waals surface area contributed by atoms with Crippen molar-refractivity contribution in [2.24, 2.45) is 5.92 Å². The highest BCUT2D eigenvalue weighted by Crippen LogP contribution is 2.28. The van der Waals surface area contributed by atoms with Gasteiger partial charge >= 0.3 is 5.97 Å². The van der Waals surface area contributed by atoms with Gasteiger partial charge in [-0.15, -0.1) is 0 Å². The Morgan fingerprint density at radius 2 is 2.12 bits per heavy atom. The highest BCUT2D eigenvalue weighted by Gasteiger charge is 2.25. The van der Waals surface area contributed by atoms with Crippen LogP contribution in [-0.2, 0) is 9.59 Å². The van der Waals surface area contributed by atoms with Crippen LogP contribution in [0.25, 0.3) is 0 Å². The van der Waals surface area contributed by atoms with Gasteiger partial charge in [0.05, 0.1) is 0 Å². The van der Waals surface area contributed by atoms with E-state index in [1.807, 2.05) is 11.8 Å². The molecule has 1 rings (SSSR count). The lowest BCUT2D eigenvalue weighted by atomic mass is 10.0. The first kappa shape index (κ1) is 14.4. The zero-order chi connectivity index (χ0) is 12.8. The third-order valence-electron chi connectivity index (χ3n) is 3.14. The van der Waals surface area contributed by atoms with Crippen LogP contribution in [0.2, 0.25) is 0 Å². The molecular formula is C12H21NO3S. The van der Waals surface area contributed by atoms with Gasteiger partial charge in [-0.25, -0.2) is 0 Å². The highest BCUT2D eigenvalue weighted by molar-refractivity contribution is 7.99. The molecule has 0 aliphatic heterocycles. The molecule has 0 aromatic carbocycles. The van der Waals surface area contributed by atoms with Gasteiger partial charge in [-0.05, 0) is 31.4 Å². The number of amides is 1. The highest BCUT2D eigenvalue weighted by atomic mass is 32.2. The zero-order valence-electron chi connectivity index (χ0n) is 10.4. The number of nitrogens with one attached hydrogen (secondary N) is 1. The number of carbonyl (C=O) groups excluding carboxylic acids is 1. The van der Waals surface area contributed by atoms with E-state index in [9.17, 15) is 9.59 Å². The van der Waals surface area contributed by atoms with E-state index in [0.29, 0.717) is 11.7 Å². The molecule has 3 atom stereocenters. The van der Waals surface area contributed by atoms with Crippen molar-refractivity contribution < 1.29 is 14.7 Å². The Morgan fingerprint density at radius 1 is 1.41 bits per heavy atom. The fraction of sp³-hybridized carbons (Fsp3) is 0.833.